The van der Waals surface area contributed by atoms with Gasteiger partial charge in [0.15, 0.2) is 5.96 Å². The molecule has 6 heteroatoms. The molecule has 108 valence electrons. The van der Waals surface area contributed by atoms with E-state index in [0.29, 0.717) is 5.69 Å². The second-order valence-electron chi connectivity index (χ2n) is 4.29. The van der Waals surface area contributed by atoms with Gasteiger partial charge in [-0.3, -0.25) is 0 Å². The number of nitrogens with zero attached hydrogens (tertiary/aromatic N) is 2. The molecule has 2 aromatic rings. The third-order valence-electron chi connectivity index (χ3n) is 2.76. The van der Waals surface area contributed by atoms with Gasteiger partial charge in [-0.1, -0.05) is 24.3 Å². The van der Waals surface area contributed by atoms with Gasteiger partial charge in [-0.2, -0.15) is 4.99 Å². The minimum atomic E-state index is -0.111. The maximum atomic E-state index is 5.63. The Bertz CT molecular complexity index is 673. The highest BCUT2D eigenvalue weighted by molar-refractivity contribution is 7.98. The van der Waals surface area contributed by atoms with Crippen molar-refractivity contribution < 1.29 is 0 Å². The zero-order chi connectivity index (χ0) is 15.2. The largest absolute Gasteiger partial charge is 0.370 e. The standard InChI is InChI=1S/C15H17N5S/c1-21-13-7-5-10(6-8-13)11-3-2-4-12(9-11)19-15(18)20-14(16)17/h2-9H,1H3,(H6,16,17,18,19,20). The summed E-state index contributed by atoms with van der Waals surface area (Å²) in [4.78, 5) is 9.08. The zero-order valence-corrected chi connectivity index (χ0v) is 12.5. The summed E-state index contributed by atoms with van der Waals surface area (Å²) in [5.74, 6) is -0.0788. The van der Waals surface area contributed by atoms with E-state index >= 15 is 0 Å². The van der Waals surface area contributed by atoms with Gasteiger partial charge < -0.3 is 17.2 Å². The lowest BCUT2D eigenvalue weighted by Crippen LogP contribution is -2.26. The summed E-state index contributed by atoms with van der Waals surface area (Å²) in [5, 5.41) is 0. The molecule has 0 unspecified atom stereocenters. The van der Waals surface area contributed by atoms with Crippen LogP contribution in [0, 0.1) is 0 Å². The summed E-state index contributed by atoms with van der Waals surface area (Å²) in [6.45, 7) is 0. The van der Waals surface area contributed by atoms with Crippen LogP contribution in [0.5, 0.6) is 0 Å². The number of guanidine groups is 2. The molecule has 0 fully saturated rings. The number of nitrogens with two attached hydrogens (primary N) is 3. The number of hydrogen-bond donors (Lipinski definition) is 3. The van der Waals surface area contributed by atoms with Crippen molar-refractivity contribution in [1.29, 1.82) is 0 Å². The molecule has 0 aliphatic carbocycles. The Kier molecular flexibility index (Phi) is 4.84. The summed E-state index contributed by atoms with van der Waals surface area (Å²) in [6, 6.07) is 16.0. The van der Waals surface area contributed by atoms with E-state index in [2.05, 4.69) is 40.5 Å². The van der Waals surface area contributed by atoms with Gasteiger partial charge in [-0.25, -0.2) is 4.99 Å². The van der Waals surface area contributed by atoms with Crippen molar-refractivity contribution in [3.8, 4) is 11.1 Å². The van der Waals surface area contributed by atoms with Crippen LogP contribution in [-0.2, 0) is 0 Å². The lowest BCUT2D eigenvalue weighted by molar-refractivity contribution is 1.38. The molecule has 5 nitrogen and oxygen atoms in total. The van der Waals surface area contributed by atoms with Gasteiger partial charge in [0.25, 0.3) is 0 Å². The Morgan fingerprint density at radius 1 is 0.952 bits per heavy atom. The number of hydrogen-bond acceptors (Lipinski definition) is 2. The van der Waals surface area contributed by atoms with Gasteiger partial charge in [-0.15, -0.1) is 11.8 Å². The SMILES string of the molecule is CSc1ccc(-c2cccc(N=C(N)N=C(N)N)c2)cc1. The first kappa shape index (κ1) is 14.9. The third kappa shape index (κ3) is 4.25. The lowest BCUT2D eigenvalue weighted by Gasteiger charge is -2.04. The smallest absolute Gasteiger partial charge is 0.223 e. The molecule has 0 aromatic heterocycles. The van der Waals surface area contributed by atoms with Crippen molar-refractivity contribution in [3.63, 3.8) is 0 Å². The lowest BCUT2D eigenvalue weighted by atomic mass is 10.1. The molecule has 0 radical (unpaired) electrons. The van der Waals surface area contributed by atoms with Crippen LogP contribution in [0.4, 0.5) is 5.69 Å². The molecule has 0 saturated heterocycles. The molecular formula is C15H17N5S. The fourth-order valence-corrected chi connectivity index (χ4v) is 2.24. The average molecular weight is 299 g/mol. The van der Waals surface area contributed by atoms with Gasteiger partial charge in [0.1, 0.15) is 0 Å². The number of rotatable bonds is 3. The fraction of sp³-hybridized carbons (Fsp3) is 0.0667. The summed E-state index contributed by atoms with van der Waals surface area (Å²) in [5.41, 5.74) is 19.0. The first-order chi connectivity index (χ1) is 10.1. The van der Waals surface area contributed by atoms with E-state index in [4.69, 9.17) is 17.2 Å². The molecule has 0 aliphatic heterocycles. The highest BCUT2D eigenvalue weighted by Crippen LogP contribution is 2.26. The molecule has 2 rings (SSSR count). The Hall–Kier alpha value is -2.47. The Balaban J connectivity index is 2.30. The maximum absolute atomic E-state index is 5.63. The average Bonchev–Trinajstić information content (AvgIpc) is 2.46. The minimum Gasteiger partial charge on any atom is -0.370 e. The zero-order valence-electron chi connectivity index (χ0n) is 11.7. The predicted molar refractivity (Wildman–Crippen MR) is 90.8 cm³/mol. The van der Waals surface area contributed by atoms with Crippen LogP contribution < -0.4 is 17.2 Å². The Morgan fingerprint density at radius 2 is 1.67 bits per heavy atom. The quantitative estimate of drug-likeness (QED) is 0.459. The normalized spacial score (nSPS) is 11.2. The number of benzene rings is 2. The van der Waals surface area contributed by atoms with Crippen LogP contribution in [0.3, 0.4) is 0 Å². The molecule has 0 saturated carbocycles. The van der Waals surface area contributed by atoms with E-state index in [1.165, 1.54) is 4.90 Å². The van der Waals surface area contributed by atoms with Crippen LogP contribution in [0.1, 0.15) is 0 Å². The van der Waals surface area contributed by atoms with Crippen LogP contribution >= 0.6 is 11.8 Å². The van der Waals surface area contributed by atoms with E-state index in [0.717, 1.165) is 11.1 Å². The van der Waals surface area contributed by atoms with E-state index in [-0.39, 0.29) is 11.9 Å². The van der Waals surface area contributed by atoms with Crippen LogP contribution in [-0.4, -0.2) is 18.2 Å². The fourth-order valence-electron chi connectivity index (χ4n) is 1.83. The number of thioether (sulfide) groups is 1. The molecule has 0 spiro atoms. The maximum Gasteiger partial charge on any atom is 0.223 e. The second kappa shape index (κ2) is 6.81. The molecule has 0 bridgehead atoms. The van der Waals surface area contributed by atoms with Crippen LogP contribution in [0.15, 0.2) is 63.4 Å². The summed E-state index contributed by atoms with van der Waals surface area (Å²) in [7, 11) is 0. The molecule has 6 N–H and O–H groups in total. The van der Waals surface area contributed by atoms with Gasteiger partial charge in [-0.05, 0) is 41.6 Å². The van der Waals surface area contributed by atoms with Gasteiger partial charge in [0.05, 0.1) is 5.69 Å². The van der Waals surface area contributed by atoms with E-state index < -0.39 is 0 Å². The predicted octanol–water partition coefficient (Wildman–Crippen LogP) is 2.30. The van der Waals surface area contributed by atoms with Gasteiger partial charge >= 0.3 is 0 Å². The van der Waals surface area contributed by atoms with Crippen molar-refractivity contribution in [2.75, 3.05) is 6.26 Å². The van der Waals surface area contributed by atoms with Crippen molar-refractivity contribution in [1.82, 2.24) is 0 Å². The molecule has 0 atom stereocenters. The Labute approximate surface area is 128 Å². The second-order valence-corrected chi connectivity index (χ2v) is 5.17. The summed E-state index contributed by atoms with van der Waals surface area (Å²) < 4.78 is 0. The molecule has 0 amide bonds. The van der Waals surface area contributed by atoms with Crippen LogP contribution in [0.25, 0.3) is 11.1 Å². The molecular weight excluding hydrogens is 282 g/mol. The summed E-state index contributed by atoms with van der Waals surface area (Å²) >= 11 is 1.71. The minimum absolute atomic E-state index is 0.0323. The van der Waals surface area contributed by atoms with E-state index in [9.17, 15) is 0 Å². The van der Waals surface area contributed by atoms with Gasteiger partial charge in [0.2, 0.25) is 5.96 Å². The molecule has 2 aromatic carbocycles. The van der Waals surface area contributed by atoms with E-state index in [1.807, 2.05) is 24.3 Å². The Morgan fingerprint density at radius 3 is 2.29 bits per heavy atom. The molecule has 21 heavy (non-hydrogen) atoms. The topological polar surface area (TPSA) is 103 Å². The van der Waals surface area contributed by atoms with E-state index in [1.54, 1.807) is 11.8 Å². The van der Waals surface area contributed by atoms with Gasteiger partial charge in [0, 0.05) is 4.90 Å². The monoisotopic (exact) mass is 299 g/mol. The van der Waals surface area contributed by atoms with Crippen LogP contribution in [0.2, 0.25) is 0 Å². The van der Waals surface area contributed by atoms with Crippen molar-refractivity contribution in [2.45, 2.75) is 4.90 Å². The summed E-state index contributed by atoms with van der Waals surface area (Å²) in [6.07, 6.45) is 2.05. The highest BCUT2D eigenvalue weighted by atomic mass is 32.2. The van der Waals surface area contributed by atoms with Crippen molar-refractivity contribution in [3.05, 3.63) is 48.5 Å². The van der Waals surface area contributed by atoms with Crippen molar-refractivity contribution in [2.24, 2.45) is 27.2 Å². The molecule has 0 aliphatic rings. The molecule has 0 heterocycles. The first-order valence-corrected chi connectivity index (χ1v) is 7.49. The third-order valence-corrected chi connectivity index (χ3v) is 3.50. The highest BCUT2D eigenvalue weighted by Gasteiger charge is 2.00. The first-order valence-electron chi connectivity index (χ1n) is 6.27. The number of aliphatic imine (C=N–C) groups is 2. The van der Waals surface area contributed by atoms with Crippen molar-refractivity contribution >= 4 is 29.4 Å².